The SMILES string of the molecule is CCOCc1[nH]c(=O)[nH]c(=O)c1C(C)C. The maximum atomic E-state index is 11.5. The summed E-state index contributed by atoms with van der Waals surface area (Å²) in [4.78, 5) is 27.4. The molecule has 2 N–H and O–H groups in total. The van der Waals surface area contributed by atoms with Crippen molar-refractivity contribution in [2.24, 2.45) is 0 Å². The fourth-order valence-corrected chi connectivity index (χ4v) is 1.47. The number of hydrogen-bond acceptors (Lipinski definition) is 3. The van der Waals surface area contributed by atoms with Gasteiger partial charge in [0.05, 0.1) is 12.3 Å². The molecule has 0 amide bonds. The largest absolute Gasteiger partial charge is 0.376 e. The van der Waals surface area contributed by atoms with Crippen LogP contribution in [0, 0.1) is 0 Å². The summed E-state index contributed by atoms with van der Waals surface area (Å²) >= 11 is 0. The average molecular weight is 212 g/mol. The molecule has 5 nitrogen and oxygen atoms in total. The Hall–Kier alpha value is -1.36. The molecule has 1 rings (SSSR count). The molecule has 84 valence electrons. The van der Waals surface area contributed by atoms with Gasteiger partial charge in [0, 0.05) is 12.2 Å². The van der Waals surface area contributed by atoms with Crippen LogP contribution in [0.15, 0.2) is 9.59 Å². The zero-order valence-electron chi connectivity index (χ0n) is 9.22. The van der Waals surface area contributed by atoms with Crippen molar-refractivity contribution in [1.82, 2.24) is 9.97 Å². The number of aromatic amines is 2. The quantitative estimate of drug-likeness (QED) is 0.772. The van der Waals surface area contributed by atoms with E-state index in [2.05, 4.69) is 9.97 Å². The van der Waals surface area contributed by atoms with Gasteiger partial charge in [0.2, 0.25) is 0 Å². The normalized spacial score (nSPS) is 10.9. The topological polar surface area (TPSA) is 75.0 Å². The number of H-pyrrole nitrogens is 2. The molecule has 0 aliphatic heterocycles. The molecule has 0 saturated carbocycles. The summed E-state index contributed by atoms with van der Waals surface area (Å²) in [5.74, 6) is 0.0565. The summed E-state index contributed by atoms with van der Waals surface area (Å²) in [6.07, 6.45) is 0. The van der Waals surface area contributed by atoms with Crippen molar-refractivity contribution in [3.05, 3.63) is 32.1 Å². The second-order valence-electron chi connectivity index (χ2n) is 3.59. The Balaban J connectivity index is 3.21. The van der Waals surface area contributed by atoms with Crippen LogP contribution in [0.25, 0.3) is 0 Å². The van der Waals surface area contributed by atoms with Crippen LogP contribution < -0.4 is 11.2 Å². The maximum Gasteiger partial charge on any atom is 0.325 e. The molecule has 0 aromatic carbocycles. The fourth-order valence-electron chi connectivity index (χ4n) is 1.47. The second kappa shape index (κ2) is 4.93. The van der Waals surface area contributed by atoms with Crippen molar-refractivity contribution in [2.75, 3.05) is 6.61 Å². The molecule has 1 heterocycles. The molecule has 0 unspecified atom stereocenters. The predicted molar refractivity (Wildman–Crippen MR) is 57.1 cm³/mol. The Morgan fingerprint density at radius 3 is 2.47 bits per heavy atom. The van der Waals surface area contributed by atoms with Gasteiger partial charge >= 0.3 is 5.69 Å². The summed E-state index contributed by atoms with van der Waals surface area (Å²) in [6.45, 7) is 6.48. The number of ether oxygens (including phenoxy) is 1. The first-order valence-electron chi connectivity index (χ1n) is 4.99. The minimum Gasteiger partial charge on any atom is -0.376 e. The highest BCUT2D eigenvalue weighted by molar-refractivity contribution is 5.19. The van der Waals surface area contributed by atoms with E-state index in [1.165, 1.54) is 0 Å². The van der Waals surface area contributed by atoms with Crippen LogP contribution >= 0.6 is 0 Å². The third-order valence-electron chi connectivity index (χ3n) is 2.09. The van der Waals surface area contributed by atoms with Crippen LogP contribution in [0.5, 0.6) is 0 Å². The first kappa shape index (κ1) is 11.7. The van der Waals surface area contributed by atoms with Crippen LogP contribution in [-0.2, 0) is 11.3 Å². The van der Waals surface area contributed by atoms with Crippen molar-refractivity contribution in [2.45, 2.75) is 33.3 Å². The van der Waals surface area contributed by atoms with E-state index < -0.39 is 5.69 Å². The number of nitrogens with one attached hydrogen (secondary N) is 2. The lowest BCUT2D eigenvalue weighted by atomic mass is 10.0. The molecule has 0 spiro atoms. The van der Waals surface area contributed by atoms with Crippen molar-refractivity contribution in [3.63, 3.8) is 0 Å². The minimum atomic E-state index is -0.487. The van der Waals surface area contributed by atoms with Gasteiger partial charge in [-0.15, -0.1) is 0 Å². The van der Waals surface area contributed by atoms with Crippen molar-refractivity contribution in [3.8, 4) is 0 Å². The van der Waals surface area contributed by atoms with Crippen molar-refractivity contribution >= 4 is 0 Å². The van der Waals surface area contributed by atoms with E-state index in [1.807, 2.05) is 20.8 Å². The zero-order valence-corrected chi connectivity index (χ0v) is 9.22. The Bertz CT molecular complexity index is 431. The van der Waals surface area contributed by atoms with Crippen LogP contribution in [-0.4, -0.2) is 16.6 Å². The van der Waals surface area contributed by atoms with Gasteiger partial charge < -0.3 is 9.72 Å². The first-order chi connectivity index (χ1) is 7.06. The number of aromatic nitrogens is 2. The summed E-state index contributed by atoms with van der Waals surface area (Å²) in [6, 6.07) is 0. The molecule has 0 saturated heterocycles. The van der Waals surface area contributed by atoms with Gasteiger partial charge in [0.25, 0.3) is 5.56 Å². The van der Waals surface area contributed by atoms with Gasteiger partial charge in [-0.25, -0.2) is 4.79 Å². The molecule has 0 fully saturated rings. The van der Waals surface area contributed by atoms with Crippen LogP contribution in [0.2, 0.25) is 0 Å². The third kappa shape index (κ3) is 2.79. The Labute approximate surface area is 87.5 Å². The van der Waals surface area contributed by atoms with Crippen LogP contribution in [0.3, 0.4) is 0 Å². The van der Waals surface area contributed by atoms with E-state index in [-0.39, 0.29) is 18.1 Å². The Morgan fingerprint density at radius 2 is 1.93 bits per heavy atom. The van der Waals surface area contributed by atoms with Gasteiger partial charge in [0.15, 0.2) is 0 Å². The van der Waals surface area contributed by atoms with Gasteiger partial charge in [-0.05, 0) is 12.8 Å². The molecule has 1 aromatic rings. The Kier molecular flexibility index (Phi) is 3.85. The average Bonchev–Trinajstić information content (AvgIpc) is 2.12. The van der Waals surface area contributed by atoms with Gasteiger partial charge in [-0.2, -0.15) is 0 Å². The lowest BCUT2D eigenvalue weighted by molar-refractivity contribution is 0.130. The highest BCUT2D eigenvalue weighted by Gasteiger charge is 2.12. The first-order valence-corrected chi connectivity index (χ1v) is 4.99. The molecule has 0 bridgehead atoms. The van der Waals surface area contributed by atoms with E-state index in [1.54, 1.807) is 0 Å². The molecule has 0 atom stereocenters. The van der Waals surface area contributed by atoms with E-state index in [9.17, 15) is 9.59 Å². The van der Waals surface area contributed by atoms with E-state index in [0.717, 1.165) is 0 Å². The van der Waals surface area contributed by atoms with Crippen molar-refractivity contribution in [1.29, 1.82) is 0 Å². The smallest absolute Gasteiger partial charge is 0.325 e. The molecule has 0 aliphatic carbocycles. The highest BCUT2D eigenvalue weighted by Crippen LogP contribution is 2.12. The predicted octanol–water partition coefficient (Wildman–Crippen LogP) is 0.723. The lowest BCUT2D eigenvalue weighted by Crippen LogP contribution is -2.29. The standard InChI is InChI=1S/C10H16N2O3/c1-4-15-5-7-8(6(2)3)9(13)12-10(14)11-7/h6H,4-5H2,1-3H3,(H2,11,12,13,14). The van der Waals surface area contributed by atoms with E-state index in [0.29, 0.717) is 17.9 Å². The van der Waals surface area contributed by atoms with Gasteiger partial charge in [0.1, 0.15) is 0 Å². The van der Waals surface area contributed by atoms with E-state index in [4.69, 9.17) is 4.74 Å². The lowest BCUT2D eigenvalue weighted by Gasteiger charge is -2.10. The van der Waals surface area contributed by atoms with Gasteiger partial charge in [-0.3, -0.25) is 9.78 Å². The molecular weight excluding hydrogens is 196 g/mol. The summed E-state index contributed by atoms with van der Waals surface area (Å²) < 4.78 is 5.20. The van der Waals surface area contributed by atoms with Crippen molar-refractivity contribution < 1.29 is 4.74 Å². The van der Waals surface area contributed by atoms with Crippen LogP contribution in [0.4, 0.5) is 0 Å². The summed E-state index contributed by atoms with van der Waals surface area (Å²) in [5, 5.41) is 0. The molecule has 15 heavy (non-hydrogen) atoms. The van der Waals surface area contributed by atoms with Gasteiger partial charge in [-0.1, -0.05) is 13.8 Å². The van der Waals surface area contributed by atoms with E-state index >= 15 is 0 Å². The molecule has 0 aliphatic rings. The summed E-state index contributed by atoms with van der Waals surface area (Å²) in [7, 11) is 0. The van der Waals surface area contributed by atoms with Crippen LogP contribution in [0.1, 0.15) is 37.9 Å². The molecule has 1 aromatic heterocycles. The highest BCUT2D eigenvalue weighted by atomic mass is 16.5. The zero-order chi connectivity index (χ0) is 11.4. The molecule has 0 radical (unpaired) electrons. The minimum absolute atomic E-state index is 0.0565. The molecule has 5 heteroatoms. The summed E-state index contributed by atoms with van der Waals surface area (Å²) in [5.41, 5.74) is 0.339. The molecular formula is C10H16N2O3. The monoisotopic (exact) mass is 212 g/mol. The number of rotatable bonds is 4. The Morgan fingerprint density at radius 1 is 1.27 bits per heavy atom. The third-order valence-corrected chi connectivity index (χ3v) is 2.09. The fraction of sp³-hybridized carbons (Fsp3) is 0.600. The number of hydrogen-bond donors (Lipinski definition) is 2. The second-order valence-corrected chi connectivity index (χ2v) is 3.59. The maximum absolute atomic E-state index is 11.5.